The van der Waals surface area contributed by atoms with Crippen LogP contribution in [0.4, 0.5) is 14.9 Å². The highest BCUT2D eigenvalue weighted by Gasteiger charge is 2.21. The fraction of sp³-hybridized carbons (Fsp3) is 0.136. The highest BCUT2D eigenvalue weighted by molar-refractivity contribution is 9.10. The molecule has 0 bridgehead atoms. The Labute approximate surface area is 200 Å². The van der Waals surface area contributed by atoms with Crippen LogP contribution in [-0.2, 0) is 11.2 Å². The molecule has 0 amide bonds. The molecular weight excluding hydrogens is 517 g/mol. The lowest BCUT2D eigenvalue weighted by Crippen LogP contribution is -2.16. The highest BCUT2D eigenvalue weighted by Crippen LogP contribution is 2.37. The van der Waals surface area contributed by atoms with E-state index in [1.807, 2.05) is 0 Å². The van der Waals surface area contributed by atoms with E-state index in [1.54, 1.807) is 25.1 Å². The first-order chi connectivity index (χ1) is 15.9. The summed E-state index contributed by atoms with van der Waals surface area (Å²) in [5.74, 6) is -0.480. The Hall–Kier alpha value is -3.55. The monoisotopic (exact) mass is 529 g/mol. The van der Waals surface area contributed by atoms with Crippen LogP contribution in [0, 0.1) is 12.4 Å². The number of ether oxygens (including phenoxy) is 2. The maximum Gasteiger partial charge on any atom is 0.436 e. The first-order valence-corrected chi connectivity index (χ1v) is 10.8. The van der Waals surface area contributed by atoms with Crippen LogP contribution in [0.1, 0.15) is 18.2 Å². The largest absolute Gasteiger partial charge is 0.454 e. The Bertz CT molecular complexity index is 1420. The van der Waals surface area contributed by atoms with Crippen molar-refractivity contribution in [2.24, 2.45) is 0 Å². The second-order valence-electron chi connectivity index (χ2n) is 6.71. The standard InChI is InChI=1S/C22H14BrClFN5O3/c1-3-32-22(31)30-21-16(6-7-27-28-21)18(29-30)8-12-4-5-17(23)20(19(12)25)33-15-10-13(24)9-14(11-15)26-2/h4-7,9-11H,3,8H2,1H3. The third-order valence-electron chi connectivity index (χ3n) is 4.57. The predicted molar refractivity (Wildman–Crippen MR) is 122 cm³/mol. The van der Waals surface area contributed by atoms with Crippen molar-refractivity contribution in [3.8, 4) is 11.5 Å². The van der Waals surface area contributed by atoms with Gasteiger partial charge in [-0.1, -0.05) is 17.7 Å². The van der Waals surface area contributed by atoms with Crippen molar-refractivity contribution in [3.05, 3.63) is 80.6 Å². The van der Waals surface area contributed by atoms with Crippen LogP contribution in [0.2, 0.25) is 5.02 Å². The SMILES string of the molecule is [C-]#[N+]c1cc(Cl)cc(Oc2c(Br)ccc(Cc3nn(C(=O)OCC)c4nnccc34)c2F)c1. The number of aromatic nitrogens is 4. The van der Waals surface area contributed by atoms with Crippen LogP contribution in [0.5, 0.6) is 11.5 Å². The van der Waals surface area contributed by atoms with Gasteiger partial charge in [-0.05, 0) is 58.7 Å². The summed E-state index contributed by atoms with van der Waals surface area (Å²) in [5.41, 5.74) is 1.17. The number of carbonyl (C=O) groups is 1. The van der Waals surface area contributed by atoms with Crippen LogP contribution < -0.4 is 4.74 Å². The molecule has 0 radical (unpaired) electrons. The van der Waals surface area contributed by atoms with Crippen LogP contribution in [0.15, 0.2) is 47.1 Å². The minimum atomic E-state index is -0.703. The van der Waals surface area contributed by atoms with Crippen LogP contribution >= 0.6 is 27.5 Å². The smallest absolute Gasteiger partial charge is 0.436 e. The molecule has 0 atom stereocenters. The van der Waals surface area contributed by atoms with Crippen LogP contribution in [0.3, 0.4) is 0 Å². The van der Waals surface area contributed by atoms with Crippen LogP contribution in [-0.4, -0.2) is 32.7 Å². The van der Waals surface area contributed by atoms with E-state index in [-0.39, 0.29) is 41.4 Å². The molecule has 2 aromatic carbocycles. The number of rotatable bonds is 5. The maximum atomic E-state index is 15.5. The molecule has 166 valence electrons. The van der Waals surface area contributed by atoms with Gasteiger partial charge in [0.05, 0.1) is 29.5 Å². The van der Waals surface area contributed by atoms with Gasteiger partial charge in [0.2, 0.25) is 0 Å². The topological polar surface area (TPSA) is 83.5 Å². The molecule has 0 aliphatic carbocycles. The second-order valence-corrected chi connectivity index (χ2v) is 8.00. The zero-order valence-electron chi connectivity index (χ0n) is 17.1. The number of fused-ring (bicyclic) bond motifs is 1. The molecule has 0 aliphatic rings. The highest BCUT2D eigenvalue weighted by atomic mass is 79.9. The summed E-state index contributed by atoms with van der Waals surface area (Å²) in [7, 11) is 0. The summed E-state index contributed by atoms with van der Waals surface area (Å²) in [5, 5.41) is 12.9. The number of carbonyl (C=O) groups excluding carboxylic acids is 1. The number of hydrogen-bond acceptors (Lipinski definition) is 6. The predicted octanol–water partition coefficient (Wildman–Crippen LogP) is 6.32. The minimum absolute atomic E-state index is 0.0485. The molecule has 0 saturated carbocycles. The van der Waals surface area contributed by atoms with Gasteiger partial charge >= 0.3 is 6.09 Å². The van der Waals surface area contributed by atoms with Gasteiger partial charge < -0.3 is 9.47 Å². The van der Waals surface area contributed by atoms with Crippen molar-refractivity contribution in [1.29, 1.82) is 0 Å². The minimum Gasteiger partial charge on any atom is -0.454 e. The number of hydrogen-bond donors (Lipinski definition) is 0. The Morgan fingerprint density at radius 1 is 1.30 bits per heavy atom. The lowest BCUT2D eigenvalue weighted by Gasteiger charge is -2.12. The Morgan fingerprint density at radius 2 is 2.12 bits per heavy atom. The van der Waals surface area contributed by atoms with Crippen molar-refractivity contribution in [2.45, 2.75) is 13.3 Å². The molecule has 8 nitrogen and oxygen atoms in total. The molecule has 0 fully saturated rings. The second kappa shape index (κ2) is 9.52. The molecule has 0 unspecified atom stereocenters. The van der Waals surface area contributed by atoms with Crippen molar-refractivity contribution in [1.82, 2.24) is 20.0 Å². The average Bonchev–Trinajstić information content (AvgIpc) is 3.17. The lowest BCUT2D eigenvalue weighted by atomic mass is 10.1. The molecule has 4 aromatic rings. The maximum absolute atomic E-state index is 15.5. The molecule has 0 saturated heterocycles. The van der Waals surface area contributed by atoms with Gasteiger partial charge in [-0.15, -0.1) is 9.78 Å². The summed E-state index contributed by atoms with van der Waals surface area (Å²) in [6.45, 7) is 9.00. The first-order valence-electron chi connectivity index (χ1n) is 9.60. The Kier molecular flexibility index (Phi) is 6.53. The molecule has 4 rings (SSSR count). The van der Waals surface area contributed by atoms with Gasteiger partial charge in [0, 0.05) is 16.8 Å². The van der Waals surface area contributed by atoms with E-state index >= 15 is 4.39 Å². The van der Waals surface area contributed by atoms with E-state index in [0.29, 0.717) is 20.6 Å². The molecule has 2 aromatic heterocycles. The normalized spacial score (nSPS) is 10.8. The molecule has 2 heterocycles. The Morgan fingerprint density at radius 3 is 2.88 bits per heavy atom. The van der Waals surface area contributed by atoms with Crippen molar-refractivity contribution < 1.29 is 18.7 Å². The zero-order valence-corrected chi connectivity index (χ0v) is 19.4. The number of benzene rings is 2. The molecule has 0 spiro atoms. The zero-order chi connectivity index (χ0) is 23.5. The summed E-state index contributed by atoms with van der Waals surface area (Å²) in [4.78, 5) is 15.6. The first kappa shape index (κ1) is 22.6. The number of nitrogens with zero attached hydrogens (tertiary/aromatic N) is 5. The van der Waals surface area contributed by atoms with E-state index < -0.39 is 11.9 Å². The van der Waals surface area contributed by atoms with Gasteiger partial charge in [-0.25, -0.2) is 14.0 Å². The van der Waals surface area contributed by atoms with Crippen molar-refractivity contribution in [2.75, 3.05) is 6.61 Å². The summed E-state index contributed by atoms with van der Waals surface area (Å²) in [6, 6.07) is 9.30. The quantitative estimate of drug-likeness (QED) is 0.281. The van der Waals surface area contributed by atoms with Gasteiger partial charge in [0.1, 0.15) is 5.75 Å². The molecule has 0 N–H and O–H groups in total. The summed E-state index contributed by atoms with van der Waals surface area (Å²) >= 11 is 9.33. The molecule has 0 aliphatic heterocycles. The third-order valence-corrected chi connectivity index (χ3v) is 5.41. The van der Waals surface area contributed by atoms with Gasteiger partial charge in [0.15, 0.2) is 22.9 Å². The fourth-order valence-electron chi connectivity index (χ4n) is 3.14. The van der Waals surface area contributed by atoms with Crippen molar-refractivity contribution >= 4 is 50.3 Å². The van der Waals surface area contributed by atoms with Gasteiger partial charge in [0.25, 0.3) is 0 Å². The van der Waals surface area contributed by atoms with Crippen molar-refractivity contribution in [3.63, 3.8) is 0 Å². The van der Waals surface area contributed by atoms with E-state index in [1.165, 1.54) is 24.4 Å². The summed E-state index contributed by atoms with van der Waals surface area (Å²) in [6.07, 6.45) is 0.808. The molecular formula is C22H14BrClFN5O3. The van der Waals surface area contributed by atoms with E-state index in [4.69, 9.17) is 27.6 Å². The Balaban J connectivity index is 1.72. The fourth-order valence-corrected chi connectivity index (χ4v) is 3.75. The van der Waals surface area contributed by atoms with Crippen LogP contribution in [0.25, 0.3) is 15.9 Å². The molecule has 11 heteroatoms. The lowest BCUT2D eigenvalue weighted by molar-refractivity contribution is 0.151. The third kappa shape index (κ3) is 4.65. The van der Waals surface area contributed by atoms with Gasteiger partial charge in [-0.3, -0.25) is 0 Å². The van der Waals surface area contributed by atoms with Gasteiger partial charge in [-0.2, -0.15) is 10.2 Å². The van der Waals surface area contributed by atoms with E-state index in [9.17, 15) is 4.79 Å². The van der Waals surface area contributed by atoms with E-state index in [2.05, 4.69) is 36.1 Å². The summed E-state index contributed by atoms with van der Waals surface area (Å²) < 4.78 is 27.6. The average molecular weight is 531 g/mol. The molecule has 33 heavy (non-hydrogen) atoms. The number of halogens is 3. The van der Waals surface area contributed by atoms with E-state index in [0.717, 1.165) is 4.68 Å².